The molecule has 5 rings (SSSR count). The minimum atomic E-state index is 0. The zero-order valence-corrected chi connectivity index (χ0v) is 18.8. The molecule has 30 heavy (non-hydrogen) atoms. The summed E-state index contributed by atoms with van der Waals surface area (Å²) in [6.45, 7) is 0. The average Bonchev–Trinajstić information content (AvgIpc) is 3.58. The van der Waals surface area contributed by atoms with E-state index in [9.17, 15) is 0 Å². The quantitative estimate of drug-likeness (QED) is 0.188. The molecule has 0 aromatic heterocycles. The fraction of sp³-hybridized carbons (Fsp3) is 0. The molecule has 2 heteroatoms. The van der Waals surface area contributed by atoms with Crippen molar-refractivity contribution in [3.63, 3.8) is 0 Å². The molecule has 0 heterocycles. The first-order valence-electron chi connectivity index (χ1n) is 9.48. The molecule has 0 nitrogen and oxygen atoms in total. The maximum absolute atomic E-state index is 2.24. The number of hydrogen-bond acceptors (Lipinski definition) is 0. The van der Waals surface area contributed by atoms with E-state index in [0.29, 0.717) is 0 Å². The molecule has 0 atom stereocenters. The molecule has 0 aliphatic heterocycles. The van der Waals surface area contributed by atoms with Crippen molar-refractivity contribution in [3.05, 3.63) is 156 Å². The largest absolute Gasteiger partial charge is 2.00 e. The third kappa shape index (κ3) is 8.82. The topological polar surface area (TPSA) is 0 Å². The van der Waals surface area contributed by atoms with Gasteiger partial charge in [-0.05, 0) is 0 Å². The first kappa shape index (κ1) is 25.4. The van der Waals surface area contributed by atoms with Crippen molar-refractivity contribution in [2.75, 3.05) is 0 Å². The molecule has 0 saturated heterocycles. The summed E-state index contributed by atoms with van der Waals surface area (Å²) < 4.78 is 0. The Hall–Kier alpha value is -2.60. The van der Waals surface area contributed by atoms with Crippen LogP contribution < -0.4 is 0 Å². The monoisotopic (exact) mass is 472 g/mol. The Morgan fingerprint density at radius 3 is 1.27 bits per heavy atom. The van der Waals surface area contributed by atoms with Crippen molar-refractivity contribution in [2.24, 2.45) is 0 Å². The van der Waals surface area contributed by atoms with Crippen LogP contribution in [0.15, 0.2) is 140 Å². The van der Waals surface area contributed by atoms with E-state index < -0.39 is 0 Å². The van der Waals surface area contributed by atoms with E-state index >= 15 is 0 Å². The van der Waals surface area contributed by atoms with E-state index in [2.05, 4.69) is 78.9 Å². The van der Waals surface area contributed by atoms with Gasteiger partial charge in [0.15, 0.2) is 0 Å². The van der Waals surface area contributed by atoms with E-state index in [0.717, 1.165) is 0 Å². The number of benzene rings is 1. The molecule has 0 aliphatic carbocycles. The summed E-state index contributed by atoms with van der Waals surface area (Å²) in [5.41, 5.74) is 5.04. The second-order valence-electron chi connectivity index (χ2n) is 6.24. The van der Waals surface area contributed by atoms with Crippen molar-refractivity contribution in [3.8, 4) is 0 Å². The number of rotatable bonds is 3. The van der Waals surface area contributed by atoms with E-state index in [-0.39, 0.29) is 34.1 Å². The molecule has 0 unspecified atom stereocenters. The normalized spacial score (nSPS) is 8.80. The summed E-state index contributed by atoms with van der Waals surface area (Å²) in [7, 11) is 0. The zero-order valence-electron chi connectivity index (χ0n) is 16.6. The smallest absolute Gasteiger partial charge is 0.245 e. The van der Waals surface area contributed by atoms with Crippen molar-refractivity contribution in [2.45, 2.75) is 0 Å². The minimum Gasteiger partial charge on any atom is -0.245 e. The zero-order chi connectivity index (χ0) is 19.3. The van der Waals surface area contributed by atoms with Crippen LogP contribution in [0.4, 0.5) is 0 Å². The van der Waals surface area contributed by atoms with Gasteiger partial charge in [-0.15, -0.1) is 17.7 Å². The molecule has 0 spiro atoms. The van der Waals surface area contributed by atoms with Gasteiger partial charge >= 0.3 is 34.1 Å². The van der Waals surface area contributed by atoms with Crippen LogP contribution in [0.1, 0.15) is 16.7 Å². The summed E-state index contributed by atoms with van der Waals surface area (Å²) in [6.07, 6.45) is 2.24. The maximum Gasteiger partial charge on any atom is 2.00 e. The van der Waals surface area contributed by atoms with Crippen LogP contribution in [0.5, 0.6) is 0 Å². The van der Waals surface area contributed by atoms with E-state index in [1.807, 2.05) is 66.7 Å². The van der Waals surface area contributed by atoms with Gasteiger partial charge in [-0.1, -0.05) is 48.0 Å². The van der Waals surface area contributed by atoms with Gasteiger partial charge in [-0.3, -0.25) is 0 Å². The van der Waals surface area contributed by atoms with Gasteiger partial charge in [-0.2, -0.15) is 48.0 Å². The van der Waals surface area contributed by atoms with Gasteiger partial charge in [0, 0.05) is 0 Å². The predicted molar refractivity (Wildman–Crippen MR) is 122 cm³/mol. The van der Waals surface area contributed by atoms with Crippen molar-refractivity contribution < 1.29 is 34.1 Å². The molecule has 0 aliphatic rings. The van der Waals surface area contributed by atoms with Crippen molar-refractivity contribution >= 4 is 11.6 Å². The van der Waals surface area contributed by atoms with Crippen LogP contribution in [0.3, 0.4) is 0 Å². The van der Waals surface area contributed by atoms with Crippen molar-refractivity contribution in [1.82, 2.24) is 0 Å². The van der Waals surface area contributed by atoms with Crippen LogP contribution in [-0.4, -0.2) is 0 Å². The molecule has 5 aromatic carbocycles. The Labute approximate surface area is 201 Å². The average molecular weight is 472 g/mol. The molecule has 0 saturated carbocycles. The van der Waals surface area contributed by atoms with Crippen LogP contribution in [-0.2, 0) is 34.1 Å². The third-order valence-corrected chi connectivity index (χ3v) is 4.17. The van der Waals surface area contributed by atoms with Crippen LogP contribution in [0.2, 0.25) is 0 Å². The Morgan fingerprint density at radius 1 is 0.533 bits per heavy atom. The molecule has 5 aromatic rings. The maximum atomic E-state index is 2.24. The van der Waals surface area contributed by atoms with Gasteiger partial charge in [0.25, 0.3) is 0 Å². The van der Waals surface area contributed by atoms with Crippen LogP contribution in [0.25, 0.3) is 11.6 Å². The fourth-order valence-corrected chi connectivity index (χ4v) is 2.80. The molecule has 0 N–H and O–H groups in total. The van der Waals surface area contributed by atoms with Gasteiger partial charge < -0.3 is 0 Å². The predicted octanol–water partition coefficient (Wildman–Crippen LogP) is 7.52. The SMILES string of the molecule is C(=C([c-]1cccc1)[c-]1cccc1)c1ccccc1.[Fe+2].[Fe+2].c1cc[cH-]c1.c1cc[cH-]c1. The molecule has 0 radical (unpaired) electrons. The summed E-state index contributed by atoms with van der Waals surface area (Å²) in [5, 5.41) is 0. The molecule has 0 fully saturated rings. The Kier molecular flexibility index (Phi) is 12.9. The van der Waals surface area contributed by atoms with Crippen molar-refractivity contribution in [1.29, 1.82) is 0 Å². The van der Waals surface area contributed by atoms with Gasteiger partial charge in [0.05, 0.1) is 0 Å². The molecule has 0 amide bonds. The van der Waals surface area contributed by atoms with Gasteiger partial charge in [0.2, 0.25) is 0 Å². The van der Waals surface area contributed by atoms with Gasteiger partial charge in [-0.25, -0.2) is 54.1 Å². The molecular weight excluding hydrogens is 448 g/mol. The summed E-state index contributed by atoms with van der Waals surface area (Å²) in [4.78, 5) is 0. The second kappa shape index (κ2) is 15.3. The van der Waals surface area contributed by atoms with E-state index in [1.165, 1.54) is 22.3 Å². The molecule has 152 valence electrons. The fourth-order valence-electron chi connectivity index (χ4n) is 2.80. The summed E-state index contributed by atoms with van der Waals surface area (Å²) in [5.74, 6) is 0. The third-order valence-electron chi connectivity index (χ3n) is 4.17. The Balaban J connectivity index is 0.000000310. The first-order chi connectivity index (χ1) is 13.9. The van der Waals surface area contributed by atoms with Crippen LogP contribution in [0, 0.1) is 0 Å². The minimum absolute atomic E-state index is 0. The Bertz CT molecular complexity index is 874. The molecule has 0 bridgehead atoms. The standard InChI is InChI=1S/C18H14.2C5H5.2Fe/c1-2-8-15(9-3-1)14-18(16-10-4-5-11-16)17-12-6-7-13-17;2*1-2-4-5-3-1;;/h1-14H;2*1-5H;;/q-2;2*-1;2*+2. The van der Waals surface area contributed by atoms with Crippen LogP contribution >= 0.6 is 0 Å². The second-order valence-corrected chi connectivity index (χ2v) is 6.24. The van der Waals surface area contributed by atoms with E-state index in [1.54, 1.807) is 0 Å². The number of hydrogen-bond donors (Lipinski definition) is 0. The van der Waals surface area contributed by atoms with Gasteiger partial charge in [0.1, 0.15) is 0 Å². The summed E-state index contributed by atoms with van der Waals surface area (Å²) >= 11 is 0. The first-order valence-corrected chi connectivity index (χ1v) is 9.48. The molecular formula is C28H24Fe2. The summed E-state index contributed by atoms with van der Waals surface area (Å²) in [6, 6.07) is 47.4. The Morgan fingerprint density at radius 2 is 0.933 bits per heavy atom. The van der Waals surface area contributed by atoms with E-state index in [4.69, 9.17) is 0 Å².